The third-order valence-corrected chi connectivity index (χ3v) is 3.94. The summed E-state index contributed by atoms with van der Waals surface area (Å²) >= 11 is 6.25. The normalized spacial score (nSPS) is 15.4. The van der Waals surface area contributed by atoms with E-state index in [1.807, 2.05) is 18.2 Å². The molecule has 0 saturated carbocycles. The van der Waals surface area contributed by atoms with E-state index in [0.717, 1.165) is 28.9 Å². The van der Waals surface area contributed by atoms with Crippen LogP contribution in [0.4, 0.5) is 5.69 Å². The molecule has 1 aliphatic heterocycles. The summed E-state index contributed by atoms with van der Waals surface area (Å²) in [4.78, 5) is 8.90. The topological polar surface area (TPSA) is 25.2 Å². The zero-order valence-corrected chi connectivity index (χ0v) is 11.4. The summed E-state index contributed by atoms with van der Waals surface area (Å²) in [7, 11) is 0. The molecule has 0 spiro atoms. The van der Waals surface area contributed by atoms with E-state index in [0.29, 0.717) is 5.15 Å². The molecule has 96 valence electrons. The third-order valence-electron chi connectivity index (χ3n) is 3.64. The van der Waals surface area contributed by atoms with Crippen molar-refractivity contribution in [3.05, 3.63) is 65.5 Å². The van der Waals surface area contributed by atoms with Crippen molar-refractivity contribution in [2.45, 2.75) is 6.42 Å². The molecule has 0 unspecified atom stereocenters. The minimum atomic E-state index is 0.529. The number of benzene rings is 1. The lowest BCUT2D eigenvalue weighted by Gasteiger charge is -2.12. The van der Waals surface area contributed by atoms with Crippen molar-refractivity contribution in [1.29, 1.82) is 0 Å². The molecular weight excluding hydrogens is 268 g/mol. The summed E-state index contributed by atoms with van der Waals surface area (Å²) in [6, 6.07) is 10.1. The monoisotopic (exact) mass is 278 g/mol. The number of nitrogens with zero attached hydrogens (tertiary/aromatic N) is 2. The van der Waals surface area contributed by atoms with Crippen LogP contribution in [0.25, 0.3) is 16.7 Å². The second kappa shape index (κ2) is 4.43. The van der Waals surface area contributed by atoms with E-state index < -0.39 is 0 Å². The van der Waals surface area contributed by atoms with E-state index in [-0.39, 0.29) is 0 Å². The Labute approximate surface area is 122 Å². The molecule has 1 aromatic heterocycles. The summed E-state index contributed by atoms with van der Waals surface area (Å²) in [6.45, 7) is 0. The predicted molar refractivity (Wildman–Crippen MR) is 83.5 cm³/mol. The maximum Gasteiger partial charge on any atom is 0.136 e. The van der Waals surface area contributed by atoms with Crippen molar-refractivity contribution in [1.82, 2.24) is 4.98 Å². The number of hydrogen-bond donors (Lipinski definition) is 0. The number of allylic oxidation sites excluding steroid dienone is 4. The maximum atomic E-state index is 6.25. The summed E-state index contributed by atoms with van der Waals surface area (Å²) in [5.74, 6) is 0. The van der Waals surface area contributed by atoms with Gasteiger partial charge in [-0.05, 0) is 23.8 Å². The average Bonchev–Trinajstić information content (AvgIpc) is 2.86. The van der Waals surface area contributed by atoms with Crippen LogP contribution in [0.2, 0.25) is 5.15 Å². The zero-order chi connectivity index (χ0) is 13.5. The van der Waals surface area contributed by atoms with E-state index in [9.17, 15) is 0 Å². The summed E-state index contributed by atoms with van der Waals surface area (Å²) in [5, 5.41) is 0.529. The molecule has 20 heavy (non-hydrogen) atoms. The highest BCUT2D eigenvalue weighted by molar-refractivity contribution is 6.34. The van der Waals surface area contributed by atoms with E-state index in [4.69, 9.17) is 16.6 Å². The van der Waals surface area contributed by atoms with Crippen molar-refractivity contribution in [3.8, 4) is 11.1 Å². The van der Waals surface area contributed by atoms with Gasteiger partial charge in [-0.3, -0.25) is 4.99 Å². The highest BCUT2D eigenvalue weighted by Gasteiger charge is 2.25. The van der Waals surface area contributed by atoms with Gasteiger partial charge in [-0.25, -0.2) is 4.98 Å². The fraction of sp³-hybridized carbons (Fsp3) is 0.0588. The molecule has 1 aromatic carbocycles. The number of fused-ring (bicyclic) bond motifs is 3. The van der Waals surface area contributed by atoms with Crippen molar-refractivity contribution in [3.63, 3.8) is 0 Å². The minimum Gasteiger partial charge on any atom is -0.252 e. The van der Waals surface area contributed by atoms with Crippen LogP contribution >= 0.6 is 11.6 Å². The van der Waals surface area contributed by atoms with Crippen molar-refractivity contribution >= 4 is 28.6 Å². The Morgan fingerprint density at radius 1 is 1.05 bits per heavy atom. The van der Waals surface area contributed by atoms with E-state index in [1.54, 1.807) is 6.20 Å². The van der Waals surface area contributed by atoms with Gasteiger partial charge in [0.15, 0.2) is 0 Å². The largest absolute Gasteiger partial charge is 0.252 e. The van der Waals surface area contributed by atoms with Gasteiger partial charge in [0.05, 0.1) is 11.4 Å². The van der Waals surface area contributed by atoms with E-state index in [1.165, 1.54) is 11.1 Å². The first-order valence-electron chi connectivity index (χ1n) is 6.53. The van der Waals surface area contributed by atoms with Gasteiger partial charge in [-0.2, -0.15) is 0 Å². The molecule has 0 saturated heterocycles. The Hall–Kier alpha value is -2.19. The highest BCUT2D eigenvalue weighted by atomic mass is 35.5. The van der Waals surface area contributed by atoms with Crippen molar-refractivity contribution < 1.29 is 0 Å². The van der Waals surface area contributed by atoms with Crippen LogP contribution in [-0.2, 0) is 0 Å². The molecule has 2 heterocycles. The standard InChI is InChI=1S/C17H11ClN2/c18-17-12(7-4-10-19-17)11-6-3-9-15-16(11)13-5-1-2-8-14(13)20-15/h1-7,9-10H,8H2. The van der Waals surface area contributed by atoms with Gasteiger partial charge in [-0.15, -0.1) is 0 Å². The molecule has 1 aliphatic carbocycles. The Morgan fingerprint density at radius 3 is 2.85 bits per heavy atom. The zero-order valence-electron chi connectivity index (χ0n) is 10.7. The van der Waals surface area contributed by atoms with Crippen LogP contribution in [-0.4, -0.2) is 10.7 Å². The number of aromatic nitrogens is 1. The van der Waals surface area contributed by atoms with Gasteiger partial charge in [0.1, 0.15) is 5.15 Å². The molecule has 2 aromatic rings. The molecule has 0 bridgehead atoms. The average molecular weight is 279 g/mol. The summed E-state index contributed by atoms with van der Waals surface area (Å²) in [6.07, 6.45) is 8.94. The molecule has 2 nitrogen and oxygen atoms in total. The van der Waals surface area contributed by atoms with Crippen LogP contribution in [0.3, 0.4) is 0 Å². The first-order valence-corrected chi connectivity index (χ1v) is 6.91. The lowest BCUT2D eigenvalue weighted by Crippen LogP contribution is -1.99. The Balaban J connectivity index is 1.99. The number of rotatable bonds is 1. The molecule has 0 radical (unpaired) electrons. The Bertz CT molecular complexity index is 800. The highest BCUT2D eigenvalue weighted by Crippen LogP contribution is 2.44. The van der Waals surface area contributed by atoms with Crippen molar-refractivity contribution in [2.24, 2.45) is 4.99 Å². The second-order valence-electron chi connectivity index (χ2n) is 4.81. The van der Waals surface area contributed by atoms with E-state index >= 15 is 0 Å². The molecule has 0 fully saturated rings. The van der Waals surface area contributed by atoms with Gasteiger partial charge in [0.2, 0.25) is 0 Å². The second-order valence-corrected chi connectivity index (χ2v) is 5.17. The SMILES string of the molecule is Clc1ncccc1-c1cccc2c1C1=CC=CCC1=N2. The first-order chi connectivity index (χ1) is 9.84. The molecule has 4 rings (SSSR count). The number of hydrogen-bond acceptors (Lipinski definition) is 2. The minimum absolute atomic E-state index is 0.529. The quantitative estimate of drug-likeness (QED) is 0.686. The van der Waals surface area contributed by atoms with Crippen LogP contribution in [0.15, 0.2) is 59.7 Å². The van der Waals surface area contributed by atoms with Gasteiger partial charge < -0.3 is 0 Å². The number of halogens is 1. The molecule has 0 amide bonds. The predicted octanol–water partition coefficient (Wildman–Crippen LogP) is 4.83. The lowest BCUT2D eigenvalue weighted by molar-refractivity contribution is 1.33. The third kappa shape index (κ3) is 1.65. The molecular formula is C17H11ClN2. The molecule has 0 atom stereocenters. The van der Waals surface area contributed by atoms with E-state index in [2.05, 4.69) is 35.3 Å². The molecule has 2 aliphatic rings. The smallest absolute Gasteiger partial charge is 0.136 e. The first kappa shape index (κ1) is 11.6. The van der Waals surface area contributed by atoms with Crippen LogP contribution in [0.5, 0.6) is 0 Å². The van der Waals surface area contributed by atoms with Gasteiger partial charge >= 0.3 is 0 Å². The lowest BCUT2D eigenvalue weighted by atomic mass is 9.91. The molecule has 0 N–H and O–H groups in total. The van der Waals surface area contributed by atoms with Gasteiger partial charge in [0, 0.05) is 29.3 Å². The fourth-order valence-corrected chi connectivity index (χ4v) is 2.98. The van der Waals surface area contributed by atoms with Gasteiger partial charge in [0.25, 0.3) is 0 Å². The van der Waals surface area contributed by atoms with Crippen LogP contribution < -0.4 is 0 Å². The number of aliphatic imine (C=N–C) groups is 1. The van der Waals surface area contributed by atoms with Crippen LogP contribution in [0.1, 0.15) is 12.0 Å². The Kier molecular flexibility index (Phi) is 2.57. The van der Waals surface area contributed by atoms with Gasteiger partial charge in [-0.1, -0.05) is 42.0 Å². The Morgan fingerprint density at radius 2 is 1.95 bits per heavy atom. The fourth-order valence-electron chi connectivity index (χ4n) is 2.76. The number of pyridine rings is 1. The summed E-state index contributed by atoms with van der Waals surface area (Å²) < 4.78 is 0. The van der Waals surface area contributed by atoms with Crippen molar-refractivity contribution in [2.75, 3.05) is 0 Å². The summed E-state index contributed by atoms with van der Waals surface area (Å²) in [5.41, 5.74) is 6.58. The maximum absolute atomic E-state index is 6.25. The molecule has 3 heteroatoms. The van der Waals surface area contributed by atoms with Crippen LogP contribution in [0, 0.1) is 0 Å².